The van der Waals surface area contributed by atoms with Gasteiger partial charge in [-0.15, -0.1) is 11.3 Å². The molecule has 5 heteroatoms. The third-order valence-electron chi connectivity index (χ3n) is 10.4. The lowest BCUT2D eigenvalue weighted by Crippen LogP contribution is -2.57. The van der Waals surface area contributed by atoms with E-state index >= 15 is 0 Å². The Bertz CT molecular complexity index is 2570. The second-order valence-corrected chi connectivity index (χ2v) is 15.6. The monoisotopic (exact) mass is 675 g/mol. The summed E-state index contributed by atoms with van der Waals surface area (Å²) in [6.07, 6.45) is 0. The lowest BCUT2D eigenvalue weighted by Gasteiger charge is -2.33. The predicted molar refractivity (Wildman–Crippen MR) is 216 cm³/mol. The third-order valence-corrected chi connectivity index (χ3v) is 11.5. The van der Waals surface area contributed by atoms with Crippen molar-refractivity contribution in [3.8, 4) is 34.1 Å². The van der Waals surface area contributed by atoms with Gasteiger partial charge < -0.3 is 14.4 Å². The molecule has 0 spiro atoms. The molecule has 2 aliphatic heterocycles. The lowest BCUT2D eigenvalue weighted by molar-refractivity contribution is 0.465. The summed E-state index contributed by atoms with van der Waals surface area (Å²) in [7, 11) is 0. The van der Waals surface area contributed by atoms with E-state index in [-0.39, 0.29) is 12.1 Å². The summed E-state index contributed by atoms with van der Waals surface area (Å²) >= 11 is 1.85. The number of ether oxygens (including phenoxy) is 2. The van der Waals surface area contributed by atoms with E-state index in [1.54, 1.807) is 0 Å². The van der Waals surface area contributed by atoms with Gasteiger partial charge in [-0.05, 0) is 106 Å². The first kappa shape index (κ1) is 30.1. The van der Waals surface area contributed by atoms with E-state index in [0.29, 0.717) is 0 Å². The summed E-state index contributed by atoms with van der Waals surface area (Å²) < 4.78 is 15.8. The van der Waals surface area contributed by atoms with E-state index in [0.717, 1.165) is 56.6 Å². The zero-order valence-corrected chi connectivity index (χ0v) is 29.5. The third kappa shape index (κ3) is 4.95. The zero-order valence-electron chi connectivity index (χ0n) is 28.7. The zero-order chi connectivity index (χ0) is 34.3. The second-order valence-electron chi connectivity index (χ2n) is 14.6. The quantitative estimate of drug-likeness (QED) is 0.173. The summed E-state index contributed by atoms with van der Waals surface area (Å²) in [5, 5.41) is 2.58. The van der Waals surface area contributed by atoms with Crippen LogP contribution in [-0.4, -0.2) is 6.71 Å². The van der Waals surface area contributed by atoms with Gasteiger partial charge in [0, 0.05) is 42.7 Å². The fraction of sp³-hybridized carbons (Fsp3) is 0.0870. The topological polar surface area (TPSA) is 21.7 Å². The molecule has 3 heterocycles. The highest BCUT2D eigenvalue weighted by atomic mass is 32.1. The van der Waals surface area contributed by atoms with E-state index in [4.69, 9.17) is 9.47 Å². The molecule has 0 atom stereocenters. The molecule has 0 unspecified atom stereocenters. The summed E-state index contributed by atoms with van der Waals surface area (Å²) in [6, 6.07) is 54.5. The van der Waals surface area contributed by atoms with Gasteiger partial charge in [-0.1, -0.05) is 99.6 Å². The minimum atomic E-state index is 0.0669. The SMILES string of the molecule is CC(C)(C)c1ccc(N(c2ccc(-c3cc4c5c(c3)Oc3ccccc3B5c3ccccc3O4)cc2)c2ccc3sc4ccccc4c3c2)cc1. The van der Waals surface area contributed by atoms with Gasteiger partial charge in [-0.25, -0.2) is 0 Å². The first-order chi connectivity index (χ1) is 24.9. The Kier molecular flexibility index (Phi) is 6.71. The number of rotatable bonds is 4. The normalized spacial score (nSPS) is 12.9. The van der Waals surface area contributed by atoms with E-state index in [1.165, 1.54) is 36.7 Å². The van der Waals surface area contributed by atoms with Gasteiger partial charge in [0.1, 0.15) is 23.0 Å². The maximum atomic E-state index is 6.58. The lowest BCUT2D eigenvalue weighted by atomic mass is 9.35. The second kappa shape index (κ2) is 11.4. The van der Waals surface area contributed by atoms with Crippen LogP contribution in [-0.2, 0) is 5.41 Å². The number of benzene rings is 7. The Labute approximate surface area is 302 Å². The minimum Gasteiger partial charge on any atom is -0.458 e. The van der Waals surface area contributed by atoms with Gasteiger partial charge in [0.15, 0.2) is 0 Å². The molecule has 0 fully saturated rings. The number of fused-ring (bicyclic) bond motifs is 7. The average molecular weight is 676 g/mol. The van der Waals surface area contributed by atoms with Crippen molar-refractivity contribution in [3.63, 3.8) is 0 Å². The number of para-hydroxylation sites is 2. The smallest absolute Gasteiger partial charge is 0.260 e. The van der Waals surface area contributed by atoms with Crippen LogP contribution in [0.15, 0.2) is 152 Å². The number of hydrogen-bond donors (Lipinski definition) is 0. The van der Waals surface area contributed by atoms with E-state index in [2.05, 4.69) is 165 Å². The van der Waals surface area contributed by atoms with E-state index < -0.39 is 0 Å². The molecule has 51 heavy (non-hydrogen) atoms. The molecule has 0 radical (unpaired) electrons. The van der Waals surface area contributed by atoms with Gasteiger partial charge >= 0.3 is 0 Å². The van der Waals surface area contributed by atoms with Crippen LogP contribution in [0.3, 0.4) is 0 Å². The van der Waals surface area contributed by atoms with Gasteiger partial charge in [-0.3, -0.25) is 0 Å². The van der Waals surface area contributed by atoms with E-state index in [9.17, 15) is 0 Å². The molecule has 3 nitrogen and oxygen atoms in total. The van der Waals surface area contributed by atoms with Crippen molar-refractivity contribution in [1.29, 1.82) is 0 Å². The van der Waals surface area contributed by atoms with Crippen molar-refractivity contribution in [1.82, 2.24) is 0 Å². The minimum absolute atomic E-state index is 0.0669. The number of nitrogens with zero attached hydrogens (tertiary/aromatic N) is 1. The van der Waals surface area contributed by atoms with Crippen molar-refractivity contribution in [2.45, 2.75) is 26.2 Å². The largest absolute Gasteiger partial charge is 0.458 e. The Hall–Kier alpha value is -5.78. The Balaban J connectivity index is 1.07. The summed E-state index contributed by atoms with van der Waals surface area (Å²) in [4.78, 5) is 2.36. The van der Waals surface area contributed by atoms with Crippen LogP contribution >= 0.6 is 11.3 Å². The van der Waals surface area contributed by atoms with Crippen molar-refractivity contribution in [2.24, 2.45) is 0 Å². The summed E-state index contributed by atoms with van der Waals surface area (Å²) in [5.74, 6) is 3.49. The van der Waals surface area contributed by atoms with Gasteiger partial charge in [0.2, 0.25) is 0 Å². The highest BCUT2D eigenvalue weighted by Gasteiger charge is 2.40. The molecule has 244 valence electrons. The first-order valence-electron chi connectivity index (χ1n) is 17.5. The summed E-state index contributed by atoms with van der Waals surface area (Å²) in [6.45, 7) is 6.85. The highest BCUT2D eigenvalue weighted by Crippen LogP contribution is 2.43. The molecular formula is C46H34BNO2S. The van der Waals surface area contributed by atoms with Crippen molar-refractivity contribution in [2.75, 3.05) is 4.90 Å². The molecule has 0 saturated carbocycles. The molecule has 10 rings (SSSR count). The number of hydrogen-bond acceptors (Lipinski definition) is 4. The maximum absolute atomic E-state index is 6.58. The van der Waals surface area contributed by atoms with Crippen molar-refractivity contribution >= 4 is 71.7 Å². The van der Waals surface area contributed by atoms with E-state index in [1.807, 2.05) is 23.5 Å². The number of anilines is 3. The van der Waals surface area contributed by atoms with Gasteiger partial charge in [0.25, 0.3) is 6.71 Å². The number of thiophene rings is 1. The van der Waals surface area contributed by atoms with Crippen LogP contribution in [0.25, 0.3) is 31.3 Å². The highest BCUT2D eigenvalue weighted by molar-refractivity contribution is 7.25. The Morgan fingerprint density at radius 2 is 1.04 bits per heavy atom. The fourth-order valence-corrected chi connectivity index (χ4v) is 8.86. The van der Waals surface area contributed by atoms with Crippen LogP contribution in [0.2, 0.25) is 0 Å². The Morgan fingerprint density at radius 3 is 1.69 bits per heavy atom. The molecule has 8 aromatic rings. The van der Waals surface area contributed by atoms with Crippen molar-refractivity contribution in [3.05, 3.63) is 157 Å². The summed E-state index contributed by atoms with van der Waals surface area (Å²) in [5.41, 5.74) is 10.3. The van der Waals surface area contributed by atoms with Crippen LogP contribution in [0, 0.1) is 0 Å². The molecule has 0 amide bonds. The standard InChI is InChI=1S/C46H34BNO2S/c1-46(2,3)31-18-22-33(23-19-31)48(34-24-25-44-36(28-34)35-10-4-9-15-43(35)51-44)32-20-16-29(17-21-32)30-26-41-45-42(27-30)50-40-14-8-6-12-38(40)47(45)37-11-5-7-13-39(37)49-41/h4-28H,1-3H3. The van der Waals surface area contributed by atoms with Crippen LogP contribution < -0.4 is 30.8 Å². The molecule has 0 aliphatic carbocycles. The molecule has 0 N–H and O–H groups in total. The molecule has 1 aromatic heterocycles. The average Bonchev–Trinajstić information content (AvgIpc) is 3.53. The first-order valence-corrected chi connectivity index (χ1v) is 18.3. The van der Waals surface area contributed by atoms with Crippen LogP contribution in [0.4, 0.5) is 17.1 Å². The van der Waals surface area contributed by atoms with Gasteiger partial charge in [-0.2, -0.15) is 0 Å². The fourth-order valence-electron chi connectivity index (χ4n) is 7.77. The van der Waals surface area contributed by atoms with Gasteiger partial charge in [0.05, 0.1) is 0 Å². The van der Waals surface area contributed by atoms with Crippen LogP contribution in [0.5, 0.6) is 23.0 Å². The predicted octanol–water partition coefficient (Wildman–Crippen LogP) is 11.2. The Morgan fingerprint density at radius 1 is 0.490 bits per heavy atom. The molecule has 0 saturated heterocycles. The molecule has 0 bridgehead atoms. The van der Waals surface area contributed by atoms with Crippen LogP contribution in [0.1, 0.15) is 26.3 Å². The molecular weight excluding hydrogens is 641 g/mol. The maximum Gasteiger partial charge on any atom is 0.260 e. The van der Waals surface area contributed by atoms with Crippen molar-refractivity contribution < 1.29 is 9.47 Å². The molecule has 7 aromatic carbocycles. The molecule has 2 aliphatic rings.